The highest BCUT2D eigenvalue weighted by Gasteiger charge is 2.16. The summed E-state index contributed by atoms with van der Waals surface area (Å²) < 4.78 is 4.82. The first-order valence-electron chi connectivity index (χ1n) is 5.47. The van der Waals surface area contributed by atoms with Crippen LogP contribution in [0, 0.1) is 10.5 Å². The van der Waals surface area contributed by atoms with Gasteiger partial charge in [0, 0.05) is 24.8 Å². The molecule has 0 saturated carbocycles. The standard InChI is InChI=1S/C11H16IN5/c1-7(13)4-10-8(2)15-16(3)11(10)17-6-9(12)5-14-17/h5-7H,4,13H2,1-3H3. The smallest absolute Gasteiger partial charge is 0.155 e. The quantitative estimate of drug-likeness (QED) is 0.856. The molecule has 0 aliphatic carbocycles. The van der Waals surface area contributed by atoms with Crippen LogP contribution in [0.1, 0.15) is 18.2 Å². The highest BCUT2D eigenvalue weighted by molar-refractivity contribution is 14.1. The van der Waals surface area contributed by atoms with Crippen molar-refractivity contribution >= 4 is 22.6 Å². The van der Waals surface area contributed by atoms with Gasteiger partial charge in [-0.2, -0.15) is 10.2 Å². The zero-order valence-corrected chi connectivity index (χ0v) is 12.3. The van der Waals surface area contributed by atoms with Crippen LogP contribution in [0.3, 0.4) is 0 Å². The van der Waals surface area contributed by atoms with Gasteiger partial charge in [0.25, 0.3) is 0 Å². The first-order chi connectivity index (χ1) is 7.99. The Kier molecular flexibility index (Phi) is 3.53. The van der Waals surface area contributed by atoms with Crippen molar-refractivity contribution in [3.05, 3.63) is 27.2 Å². The molecular formula is C11H16IN5. The van der Waals surface area contributed by atoms with Crippen LogP contribution >= 0.6 is 22.6 Å². The molecule has 0 radical (unpaired) electrons. The molecule has 5 nitrogen and oxygen atoms in total. The van der Waals surface area contributed by atoms with Crippen molar-refractivity contribution in [3.63, 3.8) is 0 Å². The van der Waals surface area contributed by atoms with E-state index in [0.717, 1.165) is 21.5 Å². The number of hydrogen-bond acceptors (Lipinski definition) is 3. The number of aromatic nitrogens is 4. The molecule has 0 bridgehead atoms. The lowest BCUT2D eigenvalue weighted by Crippen LogP contribution is -2.19. The van der Waals surface area contributed by atoms with Gasteiger partial charge in [-0.25, -0.2) is 4.68 Å². The van der Waals surface area contributed by atoms with Gasteiger partial charge in [0.15, 0.2) is 5.82 Å². The molecule has 2 N–H and O–H groups in total. The van der Waals surface area contributed by atoms with Gasteiger partial charge in [0.1, 0.15) is 0 Å². The zero-order valence-electron chi connectivity index (χ0n) is 10.2. The molecular weight excluding hydrogens is 329 g/mol. The second-order valence-corrected chi connectivity index (χ2v) is 5.54. The molecule has 0 aromatic carbocycles. The van der Waals surface area contributed by atoms with E-state index in [1.54, 1.807) is 0 Å². The Bertz CT molecular complexity index is 526. The average Bonchev–Trinajstić information content (AvgIpc) is 2.72. The molecule has 92 valence electrons. The van der Waals surface area contributed by atoms with E-state index in [1.165, 1.54) is 5.56 Å². The third kappa shape index (κ3) is 2.52. The van der Waals surface area contributed by atoms with Gasteiger partial charge in [-0.1, -0.05) is 0 Å². The Morgan fingerprint density at radius 2 is 2.24 bits per heavy atom. The maximum absolute atomic E-state index is 5.89. The van der Waals surface area contributed by atoms with Crippen molar-refractivity contribution in [3.8, 4) is 5.82 Å². The van der Waals surface area contributed by atoms with Crippen LogP contribution in [0.5, 0.6) is 0 Å². The molecule has 2 aromatic rings. The number of nitrogens with zero attached hydrogens (tertiary/aromatic N) is 4. The number of rotatable bonds is 3. The predicted molar refractivity (Wildman–Crippen MR) is 75.1 cm³/mol. The van der Waals surface area contributed by atoms with E-state index in [9.17, 15) is 0 Å². The minimum Gasteiger partial charge on any atom is -0.328 e. The van der Waals surface area contributed by atoms with E-state index in [2.05, 4.69) is 32.8 Å². The maximum atomic E-state index is 5.89. The fraction of sp³-hybridized carbons (Fsp3) is 0.455. The number of nitrogens with two attached hydrogens (primary N) is 1. The third-order valence-corrected chi connectivity index (χ3v) is 3.16. The van der Waals surface area contributed by atoms with Gasteiger partial charge < -0.3 is 5.73 Å². The van der Waals surface area contributed by atoms with Crippen molar-refractivity contribution in [2.45, 2.75) is 26.3 Å². The van der Waals surface area contributed by atoms with Crippen molar-refractivity contribution in [1.82, 2.24) is 19.6 Å². The Morgan fingerprint density at radius 3 is 2.76 bits per heavy atom. The van der Waals surface area contributed by atoms with Crippen LogP contribution < -0.4 is 5.73 Å². The molecule has 0 aliphatic heterocycles. The third-order valence-electron chi connectivity index (χ3n) is 2.61. The minimum absolute atomic E-state index is 0.117. The van der Waals surface area contributed by atoms with Gasteiger partial charge >= 0.3 is 0 Å². The van der Waals surface area contributed by atoms with Crippen molar-refractivity contribution < 1.29 is 0 Å². The summed E-state index contributed by atoms with van der Waals surface area (Å²) >= 11 is 2.25. The van der Waals surface area contributed by atoms with Crippen molar-refractivity contribution in [2.24, 2.45) is 12.8 Å². The maximum Gasteiger partial charge on any atom is 0.155 e. The van der Waals surface area contributed by atoms with Crippen LogP contribution in [-0.2, 0) is 13.5 Å². The molecule has 1 atom stereocenters. The summed E-state index contributed by atoms with van der Waals surface area (Å²) in [4.78, 5) is 0. The summed E-state index contributed by atoms with van der Waals surface area (Å²) in [5.41, 5.74) is 8.07. The molecule has 0 fully saturated rings. The van der Waals surface area contributed by atoms with Gasteiger partial charge in [0.2, 0.25) is 0 Å². The molecule has 2 aromatic heterocycles. The SMILES string of the molecule is Cc1nn(C)c(-n2cc(I)cn2)c1CC(C)N. The number of hydrogen-bond donors (Lipinski definition) is 1. The second-order valence-electron chi connectivity index (χ2n) is 4.30. The highest BCUT2D eigenvalue weighted by atomic mass is 127. The molecule has 0 saturated heterocycles. The van der Waals surface area contributed by atoms with Crippen LogP contribution in [0.15, 0.2) is 12.4 Å². The fourth-order valence-electron chi connectivity index (χ4n) is 1.95. The van der Waals surface area contributed by atoms with Gasteiger partial charge in [-0.05, 0) is 42.9 Å². The largest absolute Gasteiger partial charge is 0.328 e. The molecule has 0 amide bonds. The monoisotopic (exact) mass is 345 g/mol. The van der Waals surface area contributed by atoms with E-state index in [0.29, 0.717) is 0 Å². The van der Waals surface area contributed by atoms with Crippen LogP contribution in [0.25, 0.3) is 5.82 Å². The summed E-state index contributed by atoms with van der Waals surface area (Å²) in [6.45, 7) is 4.01. The highest BCUT2D eigenvalue weighted by Crippen LogP contribution is 2.19. The van der Waals surface area contributed by atoms with Crippen molar-refractivity contribution in [2.75, 3.05) is 0 Å². The van der Waals surface area contributed by atoms with Gasteiger partial charge in [-0.3, -0.25) is 4.68 Å². The van der Waals surface area contributed by atoms with E-state index >= 15 is 0 Å². The van der Waals surface area contributed by atoms with E-state index in [4.69, 9.17) is 5.73 Å². The zero-order chi connectivity index (χ0) is 12.6. The number of aryl methyl sites for hydroxylation is 2. The minimum atomic E-state index is 0.117. The molecule has 2 rings (SSSR count). The molecule has 2 heterocycles. The summed E-state index contributed by atoms with van der Waals surface area (Å²) in [6, 6.07) is 0.117. The summed E-state index contributed by atoms with van der Waals surface area (Å²) in [6.07, 6.45) is 4.63. The second kappa shape index (κ2) is 4.77. The van der Waals surface area contributed by atoms with Crippen LogP contribution in [0.4, 0.5) is 0 Å². The van der Waals surface area contributed by atoms with E-state index < -0.39 is 0 Å². The lowest BCUT2D eigenvalue weighted by Gasteiger charge is -2.08. The topological polar surface area (TPSA) is 61.7 Å². The first-order valence-corrected chi connectivity index (χ1v) is 6.55. The van der Waals surface area contributed by atoms with Gasteiger partial charge in [0.05, 0.1) is 15.5 Å². The Morgan fingerprint density at radius 1 is 1.53 bits per heavy atom. The molecule has 0 aliphatic rings. The lowest BCUT2D eigenvalue weighted by molar-refractivity contribution is 0.682. The Labute approximate surface area is 114 Å². The average molecular weight is 345 g/mol. The van der Waals surface area contributed by atoms with Crippen LogP contribution in [-0.4, -0.2) is 25.6 Å². The lowest BCUT2D eigenvalue weighted by atomic mass is 10.1. The summed E-state index contributed by atoms with van der Waals surface area (Å²) in [5.74, 6) is 1.00. The molecule has 1 unspecified atom stereocenters. The van der Waals surface area contributed by atoms with E-state index in [1.807, 2.05) is 42.7 Å². The van der Waals surface area contributed by atoms with E-state index in [-0.39, 0.29) is 6.04 Å². The molecule has 6 heteroatoms. The molecule has 17 heavy (non-hydrogen) atoms. The summed E-state index contributed by atoms with van der Waals surface area (Å²) in [5, 5.41) is 8.78. The Hall–Kier alpha value is -0.890. The first kappa shape index (κ1) is 12.6. The number of halogens is 1. The van der Waals surface area contributed by atoms with Crippen LogP contribution in [0.2, 0.25) is 0 Å². The molecule has 0 spiro atoms. The predicted octanol–water partition coefficient (Wildman–Crippen LogP) is 1.41. The van der Waals surface area contributed by atoms with Gasteiger partial charge in [-0.15, -0.1) is 0 Å². The Balaban J connectivity index is 2.52. The normalized spacial score (nSPS) is 13.0. The van der Waals surface area contributed by atoms with Crippen molar-refractivity contribution in [1.29, 1.82) is 0 Å². The summed E-state index contributed by atoms with van der Waals surface area (Å²) in [7, 11) is 1.93. The fourth-order valence-corrected chi connectivity index (χ4v) is 2.34.